The van der Waals surface area contributed by atoms with Gasteiger partial charge >= 0.3 is 0 Å². The van der Waals surface area contributed by atoms with Crippen LogP contribution < -0.4 is 4.90 Å². The van der Waals surface area contributed by atoms with Crippen LogP contribution in [-0.2, 0) is 4.79 Å². The Morgan fingerprint density at radius 3 is 2.58 bits per heavy atom. The summed E-state index contributed by atoms with van der Waals surface area (Å²) < 4.78 is 13.7. The average molecular weight is 523 g/mol. The Morgan fingerprint density at radius 2 is 1.83 bits per heavy atom. The minimum Gasteiger partial charge on any atom is -0.354 e. The number of piperazine rings is 1. The van der Waals surface area contributed by atoms with Crippen LogP contribution in [-0.4, -0.2) is 60.0 Å². The minimum atomic E-state index is -0.314. The summed E-state index contributed by atoms with van der Waals surface area (Å²) in [7, 11) is 0. The molecule has 1 aromatic heterocycles. The van der Waals surface area contributed by atoms with Gasteiger partial charge in [0.05, 0.1) is 4.91 Å². The first-order valence-corrected chi connectivity index (χ1v) is 13.4. The van der Waals surface area contributed by atoms with Gasteiger partial charge in [0.1, 0.15) is 17.0 Å². The molecule has 2 aliphatic heterocycles. The van der Waals surface area contributed by atoms with Gasteiger partial charge in [0.2, 0.25) is 0 Å². The van der Waals surface area contributed by atoms with Gasteiger partial charge < -0.3 is 9.80 Å². The van der Waals surface area contributed by atoms with Gasteiger partial charge in [-0.05, 0) is 66.6 Å². The lowest BCUT2D eigenvalue weighted by Crippen LogP contribution is -2.47. The highest BCUT2D eigenvalue weighted by atomic mass is 35.5. The van der Waals surface area contributed by atoms with Crippen LogP contribution in [0, 0.1) is 5.82 Å². The van der Waals surface area contributed by atoms with Gasteiger partial charge in [0, 0.05) is 43.9 Å². The van der Waals surface area contributed by atoms with Crippen LogP contribution in [0.25, 0.3) is 6.08 Å². The molecule has 5 nitrogen and oxygen atoms in total. The molecule has 0 aliphatic carbocycles. The maximum atomic E-state index is 13.7. The quantitative estimate of drug-likeness (QED) is 0.372. The second kappa shape index (κ2) is 11.5. The fourth-order valence-corrected chi connectivity index (χ4v) is 6.13. The van der Waals surface area contributed by atoms with E-state index < -0.39 is 0 Å². The van der Waals surface area contributed by atoms with Crippen molar-refractivity contribution in [1.82, 2.24) is 14.8 Å². The lowest BCUT2D eigenvalue weighted by Gasteiger charge is -2.35. The third kappa shape index (κ3) is 5.91. The number of pyridine rings is 1. The summed E-state index contributed by atoms with van der Waals surface area (Å²) >= 11 is 7.77. The van der Waals surface area contributed by atoms with Crippen LogP contribution >= 0.6 is 23.4 Å². The monoisotopic (exact) mass is 522 g/mol. The number of hydrogen-bond acceptors (Lipinski definition) is 5. The number of rotatable bonds is 7. The molecule has 2 saturated heterocycles. The third-order valence-electron chi connectivity index (χ3n) is 6.49. The van der Waals surface area contributed by atoms with Gasteiger partial charge in [-0.2, -0.15) is 0 Å². The number of thioether (sulfide) groups is 1. The van der Waals surface area contributed by atoms with Gasteiger partial charge in [0.25, 0.3) is 5.91 Å². The van der Waals surface area contributed by atoms with Crippen molar-refractivity contribution in [1.29, 1.82) is 0 Å². The second-order valence-electron chi connectivity index (χ2n) is 8.96. The van der Waals surface area contributed by atoms with Crippen molar-refractivity contribution in [3.8, 4) is 0 Å². The SMILES string of the molecule is O=C1/C(=C\c2cccc(F)c2)SC(c2cccc(Cl)c2)N1CCCN1CCN(c2ccccn2)CC1. The molecular formula is C28H28ClFN4OS. The van der Waals surface area contributed by atoms with Crippen molar-refractivity contribution in [2.75, 3.05) is 44.2 Å². The zero-order valence-corrected chi connectivity index (χ0v) is 21.5. The fourth-order valence-electron chi connectivity index (χ4n) is 4.66. The predicted octanol–water partition coefficient (Wildman–Crippen LogP) is 5.70. The van der Waals surface area contributed by atoms with Crippen molar-refractivity contribution in [3.63, 3.8) is 0 Å². The van der Waals surface area contributed by atoms with E-state index in [9.17, 15) is 9.18 Å². The van der Waals surface area contributed by atoms with E-state index >= 15 is 0 Å². The predicted molar refractivity (Wildman–Crippen MR) is 145 cm³/mol. The van der Waals surface area contributed by atoms with Gasteiger partial charge in [-0.3, -0.25) is 9.69 Å². The standard InChI is InChI=1S/C28H28ClFN4OS/c29-23-8-4-7-22(20-23)28-34(27(35)25(36-28)19-21-6-3-9-24(30)18-21)13-5-12-32-14-16-33(17-15-32)26-10-1-2-11-31-26/h1-4,6-11,18-20,28H,5,12-17H2/b25-19+. The zero-order chi connectivity index (χ0) is 24.9. The van der Waals surface area contributed by atoms with Crippen LogP contribution in [0.5, 0.6) is 0 Å². The van der Waals surface area contributed by atoms with E-state index in [2.05, 4.69) is 20.9 Å². The molecule has 5 rings (SSSR count). The number of nitrogens with zero attached hydrogens (tertiary/aromatic N) is 4. The van der Waals surface area contributed by atoms with Crippen molar-refractivity contribution >= 4 is 41.2 Å². The smallest absolute Gasteiger partial charge is 0.261 e. The molecule has 1 atom stereocenters. The lowest BCUT2D eigenvalue weighted by molar-refractivity contribution is -0.126. The summed E-state index contributed by atoms with van der Waals surface area (Å²) in [6.07, 6.45) is 4.49. The highest BCUT2D eigenvalue weighted by Gasteiger charge is 2.37. The number of carbonyl (C=O) groups is 1. The first kappa shape index (κ1) is 24.8. The lowest BCUT2D eigenvalue weighted by atomic mass is 10.1. The summed E-state index contributed by atoms with van der Waals surface area (Å²) in [6.45, 7) is 5.41. The molecule has 1 amide bonds. The van der Waals surface area contributed by atoms with Gasteiger partial charge in [-0.15, -0.1) is 0 Å². The Labute approximate surface area is 220 Å². The normalized spacial score (nSPS) is 19.9. The Kier molecular flexibility index (Phi) is 7.90. The van der Waals surface area contributed by atoms with Crippen molar-refractivity contribution in [2.24, 2.45) is 0 Å². The first-order valence-electron chi connectivity index (χ1n) is 12.2. The molecule has 2 fully saturated rings. The molecule has 0 saturated carbocycles. The van der Waals surface area contributed by atoms with E-state index in [4.69, 9.17) is 11.6 Å². The molecule has 8 heteroatoms. The number of anilines is 1. The Morgan fingerprint density at radius 1 is 1.00 bits per heavy atom. The Balaban J connectivity index is 1.24. The molecule has 2 aromatic carbocycles. The largest absolute Gasteiger partial charge is 0.354 e. The number of benzene rings is 2. The van der Waals surface area contributed by atoms with Crippen molar-refractivity contribution in [2.45, 2.75) is 11.8 Å². The van der Waals surface area contributed by atoms with Crippen LogP contribution in [0.15, 0.2) is 77.8 Å². The molecule has 3 aromatic rings. The summed E-state index contributed by atoms with van der Waals surface area (Å²) in [5.74, 6) is 0.694. The van der Waals surface area contributed by atoms with E-state index in [1.165, 1.54) is 23.9 Å². The van der Waals surface area contributed by atoms with E-state index in [-0.39, 0.29) is 17.1 Å². The second-order valence-corrected chi connectivity index (χ2v) is 10.5. The van der Waals surface area contributed by atoms with Gasteiger partial charge in [0.15, 0.2) is 0 Å². The topological polar surface area (TPSA) is 39.7 Å². The minimum absolute atomic E-state index is 0.0193. The van der Waals surface area contributed by atoms with Gasteiger partial charge in [-0.25, -0.2) is 9.37 Å². The van der Waals surface area contributed by atoms with Crippen molar-refractivity contribution in [3.05, 3.63) is 99.8 Å². The fraction of sp³-hybridized carbons (Fsp3) is 0.286. The van der Waals surface area contributed by atoms with Gasteiger partial charge in [-0.1, -0.05) is 53.7 Å². The van der Waals surface area contributed by atoms with Crippen LogP contribution in [0.2, 0.25) is 5.02 Å². The van der Waals surface area contributed by atoms with E-state index in [0.717, 1.165) is 50.5 Å². The van der Waals surface area contributed by atoms with E-state index in [1.807, 2.05) is 53.6 Å². The van der Waals surface area contributed by atoms with Crippen molar-refractivity contribution < 1.29 is 9.18 Å². The molecule has 2 aliphatic rings. The molecule has 0 N–H and O–H groups in total. The molecule has 0 radical (unpaired) electrons. The third-order valence-corrected chi connectivity index (χ3v) is 8.02. The molecule has 1 unspecified atom stereocenters. The molecule has 186 valence electrons. The Bertz CT molecular complexity index is 1230. The van der Waals surface area contributed by atoms with E-state index in [0.29, 0.717) is 22.0 Å². The highest BCUT2D eigenvalue weighted by Crippen LogP contribution is 2.46. The molecule has 0 spiro atoms. The summed E-state index contributed by atoms with van der Waals surface area (Å²) in [5, 5.41) is 0.492. The first-order chi connectivity index (χ1) is 17.6. The molecule has 0 bridgehead atoms. The number of carbonyl (C=O) groups excluding carboxylic acids is 1. The number of amides is 1. The summed E-state index contributed by atoms with van der Waals surface area (Å²) in [6, 6.07) is 20.0. The number of hydrogen-bond donors (Lipinski definition) is 0. The maximum Gasteiger partial charge on any atom is 0.261 e. The summed E-state index contributed by atoms with van der Waals surface area (Å²) in [4.78, 5) is 25.2. The zero-order valence-electron chi connectivity index (χ0n) is 19.9. The van der Waals surface area contributed by atoms with Crippen LogP contribution in [0.3, 0.4) is 0 Å². The Hall–Kier alpha value is -2.87. The maximum absolute atomic E-state index is 13.7. The van der Waals surface area contributed by atoms with Crippen LogP contribution in [0.1, 0.15) is 22.9 Å². The van der Waals surface area contributed by atoms with Crippen LogP contribution in [0.4, 0.5) is 10.2 Å². The molecule has 3 heterocycles. The average Bonchev–Trinajstić information content (AvgIpc) is 3.20. The highest BCUT2D eigenvalue weighted by molar-refractivity contribution is 8.04. The number of halogens is 2. The molecular weight excluding hydrogens is 495 g/mol. The molecule has 36 heavy (non-hydrogen) atoms. The number of aromatic nitrogens is 1. The van der Waals surface area contributed by atoms with E-state index in [1.54, 1.807) is 12.1 Å². The summed E-state index contributed by atoms with van der Waals surface area (Å²) in [5.41, 5.74) is 1.68.